The highest BCUT2D eigenvalue weighted by Gasteiger charge is 2.16. The quantitative estimate of drug-likeness (QED) is 0.947. The lowest BCUT2D eigenvalue weighted by atomic mass is 9.99. The van der Waals surface area contributed by atoms with Crippen molar-refractivity contribution in [3.8, 4) is 0 Å². The van der Waals surface area contributed by atoms with Gasteiger partial charge >= 0.3 is 0 Å². The van der Waals surface area contributed by atoms with Crippen molar-refractivity contribution in [2.45, 2.75) is 10.9 Å². The van der Waals surface area contributed by atoms with E-state index in [0.717, 1.165) is 6.26 Å². The van der Waals surface area contributed by atoms with Crippen molar-refractivity contribution < 1.29 is 12.8 Å². The van der Waals surface area contributed by atoms with Crippen molar-refractivity contribution in [2.75, 3.05) is 6.26 Å². The summed E-state index contributed by atoms with van der Waals surface area (Å²) >= 11 is 6.01. The lowest BCUT2D eigenvalue weighted by Crippen LogP contribution is -2.13. The Labute approximate surface area is 122 Å². The Bertz CT molecular complexity index is 747. The molecule has 0 heterocycles. The molecule has 0 aliphatic rings. The molecule has 0 amide bonds. The standard InChI is InChI=1S/C14H13ClFNO2S/c1-20(18,19)11-4-2-3-9(7-11)14(17)12-8-10(16)5-6-13(12)15/h2-8,14H,17H2,1H3. The summed E-state index contributed by atoms with van der Waals surface area (Å²) in [6, 6.07) is 9.46. The van der Waals surface area contributed by atoms with Gasteiger partial charge in [0.15, 0.2) is 9.84 Å². The zero-order valence-corrected chi connectivity index (χ0v) is 12.2. The molecule has 3 nitrogen and oxygen atoms in total. The van der Waals surface area contributed by atoms with Gasteiger partial charge in [0.05, 0.1) is 10.9 Å². The number of benzene rings is 2. The first-order valence-corrected chi connectivity index (χ1v) is 8.06. The summed E-state index contributed by atoms with van der Waals surface area (Å²) in [5.74, 6) is -0.445. The highest BCUT2D eigenvalue weighted by molar-refractivity contribution is 7.90. The summed E-state index contributed by atoms with van der Waals surface area (Å²) in [6.45, 7) is 0. The van der Waals surface area contributed by atoms with Gasteiger partial charge in [0.2, 0.25) is 0 Å². The van der Waals surface area contributed by atoms with E-state index in [1.807, 2.05) is 0 Å². The van der Waals surface area contributed by atoms with Crippen LogP contribution in [0.1, 0.15) is 17.2 Å². The fourth-order valence-corrected chi connectivity index (χ4v) is 2.78. The van der Waals surface area contributed by atoms with Crippen LogP contribution in [0.5, 0.6) is 0 Å². The number of sulfone groups is 1. The number of nitrogens with two attached hydrogens (primary N) is 1. The molecule has 20 heavy (non-hydrogen) atoms. The highest BCUT2D eigenvalue weighted by atomic mass is 35.5. The summed E-state index contributed by atoms with van der Waals surface area (Å²) in [5.41, 5.74) is 7.02. The van der Waals surface area contributed by atoms with Gasteiger partial charge in [-0.05, 0) is 41.5 Å². The summed E-state index contributed by atoms with van der Waals surface area (Å²) in [5, 5.41) is 0.337. The van der Waals surface area contributed by atoms with Crippen LogP contribution in [-0.4, -0.2) is 14.7 Å². The molecule has 2 aromatic rings. The van der Waals surface area contributed by atoms with E-state index in [2.05, 4.69) is 0 Å². The van der Waals surface area contributed by atoms with Crippen molar-refractivity contribution in [3.63, 3.8) is 0 Å². The van der Waals surface area contributed by atoms with E-state index in [1.165, 1.54) is 30.3 Å². The van der Waals surface area contributed by atoms with Crippen LogP contribution in [0.3, 0.4) is 0 Å². The average molecular weight is 314 g/mol. The van der Waals surface area contributed by atoms with Gasteiger partial charge in [0, 0.05) is 11.3 Å². The molecular weight excluding hydrogens is 301 g/mol. The van der Waals surface area contributed by atoms with Crippen LogP contribution < -0.4 is 5.73 Å². The Balaban J connectivity index is 2.48. The first-order chi connectivity index (χ1) is 9.29. The summed E-state index contributed by atoms with van der Waals surface area (Å²) < 4.78 is 36.4. The lowest BCUT2D eigenvalue weighted by Gasteiger charge is -2.15. The van der Waals surface area contributed by atoms with Crippen molar-refractivity contribution in [1.82, 2.24) is 0 Å². The van der Waals surface area contributed by atoms with Gasteiger partial charge in [0.1, 0.15) is 5.82 Å². The van der Waals surface area contributed by atoms with Crippen LogP contribution in [0, 0.1) is 5.82 Å². The topological polar surface area (TPSA) is 60.2 Å². The molecule has 0 fully saturated rings. The molecule has 2 N–H and O–H groups in total. The zero-order valence-electron chi connectivity index (χ0n) is 10.7. The van der Waals surface area contributed by atoms with Gasteiger partial charge < -0.3 is 5.73 Å². The first-order valence-electron chi connectivity index (χ1n) is 5.79. The predicted octanol–water partition coefficient (Wildman–Crippen LogP) is 2.93. The molecule has 106 valence electrons. The maximum absolute atomic E-state index is 13.3. The second-order valence-electron chi connectivity index (χ2n) is 4.49. The summed E-state index contributed by atoms with van der Waals surface area (Å²) in [4.78, 5) is 0.165. The largest absolute Gasteiger partial charge is 0.320 e. The number of halogens is 2. The Morgan fingerprint density at radius 2 is 1.90 bits per heavy atom. The molecule has 2 aromatic carbocycles. The zero-order chi connectivity index (χ0) is 14.9. The van der Waals surface area contributed by atoms with Crippen LogP contribution in [0.25, 0.3) is 0 Å². The molecule has 0 saturated heterocycles. The van der Waals surface area contributed by atoms with E-state index in [0.29, 0.717) is 16.1 Å². The van der Waals surface area contributed by atoms with Crippen LogP contribution in [0.4, 0.5) is 4.39 Å². The SMILES string of the molecule is CS(=O)(=O)c1cccc(C(N)c2cc(F)ccc2Cl)c1. The van der Waals surface area contributed by atoms with E-state index >= 15 is 0 Å². The van der Waals surface area contributed by atoms with Crippen LogP contribution >= 0.6 is 11.6 Å². The minimum absolute atomic E-state index is 0.165. The molecule has 1 unspecified atom stereocenters. The number of rotatable bonds is 3. The maximum atomic E-state index is 13.3. The molecule has 0 aliphatic heterocycles. The first kappa shape index (κ1) is 15.0. The number of hydrogen-bond acceptors (Lipinski definition) is 3. The molecule has 0 radical (unpaired) electrons. The molecular formula is C14H13ClFNO2S. The summed E-state index contributed by atoms with van der Waals surface area (Å²) in [7, 11) is -3.32. The van der Waals surface area contributed by atoms with Gasteiger partial charge in [-0.3, -0.25) is 0 Å². The highest BCUT2D eigenvalue weighted by Crippen LogP contribution is 2.28. The second kappa shape index (κ2) is 5.52. The van der Waals surface area contributed by atoms with Gasteiger partial charge in [-0.2, -0.15) is 0 Å². The third-order valence-corrected chi connectivity index (χ3v) is 4.39. The van der Waals surface area contributed by atoms with Gasteiger partial charge in [-0.15, -0.1) is 0 Å². The molecule has 0 saturated carbocycles. The van der Waals surface area contributed by atoms with Crippen LogP contribution in [0.2, 0.25) is 5.02 Å². The monoisotopic (exact) mass is 313 g/mol. The van der Waals surface area contributed by atoms with E-state index in [9.17, 15) is 12.8 Å². The van der Waals surface area contributed by atoms with E-state index in [-0.39, 0.29) is 4.90 Å². The maximum Gasteiger partial charge on any atom is 0.175 e. The normalized spacial score (nSPS) is 13.2. The second-order valence-corrected chi connectivity index (χ2v) is 6.91. The van der Waals surface area contributed by atoms with Crippen LogP contribution in [-0.2, 0) is 9.84 Å². The third-order valence-electron chi connectivity index (χ3n) is 2.94. The van der Waals surface area contributed by atoms with E-state index in [4.69, 9.17) is 17.3 Å². The Kier molecular flexibility index (Phi) is 4.13. The van der Waals surface area contributed by atoms with E-state index in [1.54, 1.807) is 12.1 Å². The number of hydrogen-bond donors (Lipinski definition) is 1. The third kappa shape index (κ3) is 3.17. The average Bonchev–Trinajstić information content (AvgIpc) is 2.40. The summed E-state index contributed by atoms with van der Waals surface area (Å²) in [6.07, 6.45) is 1.12. The van der Waals surface area contributed by atoms with Crippen molar-refractivity contribution in [2.24, 2.45) is 5.73 Å². The molecule has 0 aromatic heterocycles. The lowest BCUT2D eigenvalue weighted by molar-refractivity contribution is 0.601. The molecule has 0 spiro atoms. The van der Waals surface area contributed by atoms with Crippen molar-refractivity contribution >= 4 is 21.4 Å². The van der Waals surface area contributed by atoms with Gasteiger partial charge in [0.25, 0.3) is 0 Å². The van der Waals surface area contributed by atoms with Gasteiger partial charge in [-0.25, -0.2) is 12.8 Å². The Morgan fingerprint density at radius 1 is 1.20 bits per heavy atom. The molecule has 1 atom stereocenters. The minimum Gasteiger partial charge on any atom is -0.320 e. The van der Waals surface area contributed by atoms with Gasteiger partial charge in [-0.1, -0.05) is 23.7 Å². The van der Waals surface area contributed by atoms with Crippen LogP contribution in [0.15, 0.2) is 47.4 Å². The van der Waals surface area contributed by atoms with Crippen molar-refractivity contribution in [1.29, 1.82) is 0 Å². The molecule has 2 rings (SSSR count). The Morgan fingerprint density at radius 3 is 2.55 bits per heavy atom. The fraction of sp³-hybridized carbons (Fsp3) is 0.143. The van der Waals surface area contributed by atoms with Crippen molar-refractivity contribution in [3.05, 3.63) is 64.4 Å². The minimum atomic E-state index is -3.32. The smallest absolute Gasteiger partial charge is 0.175 e. The molecule has 6 heteroatoms. The fourth-order valence-electron chi connectivity index (χ4n) is 1.87. The van der Waals surface area contributed by atoms with E-state index < -0.39 is 21.7 Å². The molecule has 0 aliphatic carbocycles. The Hall–Kier alpha value is -1.43. The predicted molar refractivity (Wildman–Crippen MR) is 77.0 cm³/mol. The molecule has 0 bridgehead atoms.